The molecule has 2 fully saturated rings. The monoisotopic (exact) mass is 618 g/mol. The van der Waals surface area contributed by atoms with Crippen molar-refractivity contribution < 1.29 is 4.79 Å². The lowest BCUT2D eigenvalue weighted by molar-refractivity contribution is -0.134. The Balaban J connectivity index is 1.32. The largest absolute Gasteiger partial charge is 0.343 e. The summed E-state index contributed by atoms with van der Waals surface area (Å²) in [5, 5.41) is 9.82. The molecule has 2 aliphatic heterocycles. The Kier molecular flexibility index (Phi) is 7.72. The molecule has 2 aromatic rings. The fourth-order valence-corrected chi connectivity index (χ4v) is 7.22. The number of piperidine rings is 2. The third kappa shape index (κ3) is 5.26. The highest BCUT2D eigenvalue weighted by Crippen LogP contribution is 2.45. The van der Waals surface area contributed by atoms with Crippen molar-refractivity contribution in [3.8, 4) is 6.19 Å². The summed E-state index contributed by atoms with van der Waals surface area (Å²) in [5.41, 5.74) is 5.09. The van der Waals surface area contributed by atoms with Crippen molar-refractivity contribution in [1.29, 1.82) is 5.26 Å². The number of aromatic nitrogens is 1. The van der Waals surface area contributed by atoms with E-state index in [2.05, 4.69) is 55.1 Å². The number of aryl methyl sites for hydroxylation is 1. The molecule has 1 atom stereocenters. The molecule has 35 heavy (non-hydrogen) atoms. The highest BCUT2D eigenvalue weighted by molar-refractivity contribution is 9.10. The van der Waals surface area contributed by atoms with E-state index in [1.807, 2.05) is 12.3 Å². The molecule has 1 aliphatic carbocycles. The van der Waals surface area contributed by atoms with Gasteiger partial charge in [-0.15, -0.1) is 0 Å². The Morgan fingerprint density at radius 3 is 2.57 bits per heavy atom. The minimum atomic E-state index is 0.205. The van der Waals surface area contributed by atoms with E-state index < -0.39 is 0 Å². The number of hydrogen-bond donors (Lipinski definition) is 0. The highest BCUT2D eigenvalue weighted by atomic mass is 79.9. The Morgan fingerprint density at radius 1 is 1.11 bits per heavy atom. The lowest BCUT2D eigenvalue weighted by Crippen LogP contribution is -2.41. The van der Waals surface area contributed by atoms with Crippen molar-refractivity contribution in [3.05, 3.63) is 60.7 Å². The molecule has 5 nitrogen and oxygen atoms in total. The van der Waals surface area contributed by atoms with E-state index in [4.69, 9.17) is 21.8 Å². The first kappa shape index (κ1) is 25.0. The lowest BCUT2D eigenvalue weighted by Gasteiger charge is -2.38. The van der Waals surface area contributed by atoms with E-state index >= 15 is 0 Å². The number of carbonyl (C=O) groups is 1. The maximum atomic E-state index is 13.1. The topological polar surface area (TPSA) is 60.2 Å². The number of rotatable bonds is 3. The van der Waals surface area contributed by atoms with Crippen LogP contribution in [0.5, 0.6) is 0 Å². The van der Waals surface area contributed by atoms with Gasteiger partial charge in [-0.3, -0.25) is 9.78 Å². The Hall–Kier alpha value is -1.62. The molecule has 184 valence electrons. The summed E-state index contributed by atoms with van der Waals surface area (Å²) >= 11 is 13.9. The molecule has 1 amide bonds. The molecule has 0 bridgehead atoms. The average molecular weight is 621 g/mol. The second kappa shape index (κ2) is 10.8. The zero-order chi connectivity index (χ0) is 24.5. The summed E-state index contributed by atoms with van der Waals surface area (Å²) in [6.07, 6.45) is 10.4. The Labute approximate surface area is 229 Å². The van der Waals surface area contributed by atoms with Crippen LogP contribution in [0, 0.1) is 23.3 Å². The first-order chi connectivity index (χ1) is 16.9. The number of fused-ring (bicyclic) bond motifs is 2. The van der Waals surface area contributed by atoms with Crippen LogP contribution in [-0.2, 0) is 17.6 Å². The molecule has 3 aliphatic rings. The van der Waals surface area contributed by atoms with Crippen molar-refractivity contribution in [2.24, 2.45) is 11.8 Å². The summed E-state index contributed by atoms with van der Waals surface area (Å²) < 4.78 is 2.02. The van der Waals surface area contributed by atoms with Gasteiger partial charge in [0.05, 0.1) is 10.7 Å². The van der Waals surface area contributed by atoms with Gasteiger partial charge < -0.3 is 9.80 Å². The number of halogens is 3. The Bertz CT molecular complexity index is 1150. The van der Waals surface area contributed by atoms with Gasteiger partial charge in [-0.05, 0) is 111 Å². The minimum Gasteiger partial charge on any atom is -0.343 e. The van der Waals surface area contributed by atoms with Crippen LogP contribution in [-0.4, -0.2) is 46.9 Å². The second-order valence-corrected chi connectivity index (χ2v) is 12.2. The lowest BCUT2D eigenvalue weighted by atomic mass is 9.76. The van der Waals surface area contributed by atoms with Gasteiger partial charge in [-0.25, -0.2) is 0 Å². The van der Waals surface area contributed by atoms with Gasteiger partial charge in [0.2, 0.25) is 5.91 Å². The highest BCUT2D eigenvalue weighted by Gasteiger charge is 2.36. The average Bonchev–Trinajstić information content (AvgIpc) is 3.03. The van der Waals surface area contributed by atoms with Crippen molar-refractivity contribution in [1.82, 2.24) is 14.8 Å². The Morgan fingerprint density at radius 2 is 1.86 bits per heavy atom. The van der Waals surface area contributed by atoms with Gasteiger partial charge in [0.15, 0.2) is 6.19 Å². The van der Waals surface area contributed by atoms with Crippen LogP contribution in [0.3, 0.4) is 0 Å². The first-order valence-electron chi connectivity index (χ1n) is 12.5. The molecule has 0 N–H and O–H groups in total. The van der Waals surface area contributed by atoms with Crippen LogP contribution >= 0.6 is 43.5 Å². The van der Waals surface area contributed by atoms with E-state index in [-0.39, 0.29) is 11.8 Å². The number of carbonyl (C=O) groups excluding carboxylic acids is 1. The third-order valence-electron chi connectivity index (χ3n) is 8.06. The van der Waals surface area contributed by atoms with Crippen LogP contribution in [0.15, 0.2) is 33.3 Å². The standard InChI is InChI=1S/C27H29Br2ClN4O/c28-20-14-19-1-2-22-21(3-4-23(30)26(22)29)25(27(19)32-15-20)18-7-11-34(12-8-18)24(35)13-17-5-9-33(16-31)10-6-17/h3-4,14-15,17-18,25H,1-2,5-13H2. The van der Waals surface area contributed by atoms with E-state index in [1.165, 1.54) is 22.4 Å². The van der Waals surface area contributed by atoms with E-state index in [1.54, 1.807) is 4.90 Å². The van der Waals surface area contributed by atoms with Gasteiger partial charge in [-0.1, -0.05) is 17.7 Å². The molecule has 1 aromatic carbocycles. The molecule has 0 spiro atoms. The molecule has 8 heteroatoms. The second-order valence-electron chi connectivity index (χ2n) is 10.1. The number of likely N-dealkylation sites (tertiary alicyclic amines) is 2. The van der Waals surface area contributed by atoms with Crippen LogP contribution in [0.2, 0.25) is 5.02 Å². The quantitative estimate of drug-likeness (QED) is 0.378. The van der Waals surface area contributed by atoms with Crippen molar-refractivity contribution in [3.63, 3.8) is 0 Å². The predicted octanol–water partition coefficient (Wildman–Crippen LogP) is 6.31. The molecule has 0 saturated carbocycles. The maximum absolute atomic E-state index is 13.1. The van der Waals surface area contributed by atoms with E-state index in [9.17, 15) is 4.79 Å². The van der Waals surface area contributed by atoms with Crippen LogP contribution in [0.25, 0.3) is 0 Å². The van der Waals surface area contributed by atoms with Gasteiger partial charge in [0, 0.05) is 53.7 Å². The molecular formula is C27H29Br2ClN4O. The van der Waals surface area contributed by atoms with Crippen molar-refractivity contribution in [2.45, 2.75) is 50.9 Å². The third-order valence-corrected chi connectivity index (χ3v) is 9.94. The molecule has 1 unspecified atom stereocenters. The van der Waals surface area contributed by atoms with E-state index in [0.717, 1.165) is 78.7 Å². The van der Waals surface area contributed by atoms with Crippen molar-refractivity contribution in [2.75, 3.05) is 26.2 Å². The SMILES string of the molecule is N#CN1CCC(CC(=O)N2CCC(C3c4ccc(Cl)c(Br)c4CCc4cc(Br)cnc43)CC2)CC1. The van der Waals surface area contributed by atoms with Gasteiger partial charge >= 0.3 is 0 Å². The zero-order valence-corrected chi connectivity index (χ0v) is 23.6. The summed E-state index contributed by atoms with van der Waals surface area (Å²) in [6.45, 7) is 3.15. The van der Waals surface area contributed by atoms with E-state index in [0.29, 0.717) is 18.3 Å². The first-order valence-corrected chi connectivity index (χ1v) is 14.4. The number of amides is 1. The fraction of sp³-hybridized carbons (Fsp3) is 0.519. The van der Waals surface area contributed by atoms with Crippen LogP contribution < -0.4 is 0 Å². The number of nitriles is 1. The zero-order valence-electron chi connectivity index (χ0n) is 19.7. The fourth-order valence-electron chi connectivity index (χ4n) is 6.10. The molecule has 5 rings (SSSR count). The molecule has 3 heterocycles. The van der Waals surface area contributed by atoms with Gasteiger partial charge in [-0.2, -0.15) is 5.26 Å². The maximum Gasteiger partial charge on any atom is 0.222 e. The smallest absolute Gasteiger partial charge is 0.222 e. The number of benzene rings is 1. The van der Waals surface area contributed by atoms with Crippen LogP contribution in [0.1, 0.15) is 60.4 Å². The molecule has 2 saturated heterocycles. The molecule has 0 radical (unpaired) electrons. The molecular weight excluding hydrogens is 592 g/mol. The number of nitrogens with zero attached hydrogens (tertiary/aromatic N) is 4. The number of pyridine rings is 1. The minimum absolute atomic E-state index is 0.205. The summed E-state index contributed by atoms with van der Waals surface area (Å²) in [7, 11) is 0. The number of hydrogen-bond acceptors (Lipinski definition) is 4. The summed E-state index contributed by atoms with van der Waals surface area (Å²) in [4.78, 5) is 21.9. The van der Waals surface area contributed by atoms with Gasteiger partial charge in [0.25, 0.3) is 0 Å². The van der Waals surface area contributed by atoms with Crippen molar-refractivity contribution >= 4 is 49.4 Å². The van der Waals surface area contributed by atoms with Crippen LogP contribution in [0.4, 0.5) is 0 Å². The summed E-state index contributed by atoms with van der Waals surface area (Å²) in [5.74, 6) is 1.30. The predicted molar refractivity (Wildman–Crippen MR) is 144 cm³/mol. The van der Waals surface area contributed by atoms with Gasteiger partial charge in [0.1, 0.15) is 0 Å². The summed E-state index contributed by atoms with van der Waals surface area (Å²) in [6, 6.07) is 6.40. The normalized spacial score (nSPS) is 21.1. The molecule has 1 aromatic heterocycles.